The molecule has 1 aliphatic rings. The monoisotopic (exact) mass is 371 g/mol. The molecule has 0 saturated carbocycles. The van der Waals surface area contributed by atoms with Crippen LogP contribution in [0.4, 0.5) is 0 Å². The Bertz CT molecular complexity index is 906. The van der Waals surface area contributed by atoms with Gasteiger partial charge in [0.05, 0.1) is 11.4 Å². The Morgan fingerprint density at radius 1 is 1.24 bits per heavy atom. The van der Waals surface area contributed by atoms with E-state index in [1.807, 2.05) is 22.9 Å². The van der Waals surface area contributed by atoms with Crippen molar-refractivity contribution in [2.24, 2.45) is 0 Å². The smallest absolute Gasteiger partial charge is 0.207 e. The second-order valence-electron chi connectivity index (χ2n) is 6.78. The van der Waals surface area contributed by atoms with Crippen LogP contribution in [0.15, 0.2) is 41.8 Å². The average molecular weight is 372 g/mol. The fourth-order valence-electron chi connectivity index (χ4n) is 3.74. The van der Waals surface area contributed by atoms with Crippen LogP contribution >= 0.6 is 23.6 Å². The van der Waals surface area contributed by atoms with Crippen molar-refractivity contribution >= 4 is 23.6 Å². The van der Waals surface area contributed by atoms with Crippen LogP contribution < -0.4 is 4.90 Å². The van der Waals surface area contributed by atoms with Gasteiger partial charge in [0.2, 0.25) is 4.77 Å². The summed E-state index contributed by atoms with van der Waals surface area (Å²) in [6, 6.07) is 13.4. The maximum Gasteiger partial charge on any atom is 0.207 e. The van der Waals surface area contributed by atoms with Crippen LogP contribution in [0.3, 0.4) is 0 Å². The largest absolute Gasteiger partial charge is 0.309 e. The molecule has 2 aromatic heterocycles. The van der Waals surface area contributed by atoms with Crippen LogP contribution in [0.2, 0.25) is 0 Å². The van der Waals surface area contributed by atoms with Gasteiger partial charge in [0, 0.05) is 18.5 Å². The zero-order valence-corrected chi connectivity index (χ0v) is 16.2. The Labute approximate surface area is 157 Å². The number of thiophene rings is 1. The average Bonchev–Trinajstić information content (AvgIpc) is 3.31. The van der Waals surface area contributed by atoms with Crippen molar-refractivity contribution in [1.82, 2.24) is 14.3 Å². The predicted octanol–water partition coefficient (Wildman–Crippen LogP) is 3.46. The number of nitrogens with one attached hydrogen (secondary N) is 1. The molecule has 1 unspecified atom stereocenters. The number of likely N-dealkylation sites (tertiary alicyclic amines) is 1. The molecule has 2 atom stereocenters. The van der Waals surface area contributed by atoms with Crippen LogP contribution in [0, 0.1) is 18.6 Å². The van der Waals surface area contributed by atoms with Crippen molar-refractivity contribution < 1.29 is 4.90 Å². The molecular weight excluding hydrogens is 348 g/mol. The Kier molecular flexibility index (Phi) is 4.58. The normalized spacial score (nSPS) is 20.2. The number of quaternary nitrogens is 1. The first kappa shape index (κ1) is 16.7. The lowest BCUT2D eigenvalue weighted by Crippen LogP contribution is -3.09. The van der Waals surface area contributed by atoms with Crippen molar-refractivity contribution in [2.75, 3.05) is 6.54 Å². The standard InChI is InChI=1S/C19H22N4S2/c1-14-7-9-16(10-8-14)23-15(2)20-22(19(23)24)13-21-11-3-5-17(21)18-6-4-12-25-18/h4,6-10,12,17H,3,5,11,13H2,1-2H3/p+1/t17-/m1/s1. The molecule has 130 valence electrons. The molecule has 0 radical (unpaired) electrons. The lowest BCUT2D eigenvalue weighted by molar-refractivity contribution is -0.941. The maximum atomic E-state index is 5.75. The van der Waals surface area contributed by atoms with Gasteiger partial charge in [-0.05, 0) is 49.6 Å². The maximum absolute atomic E-state index is 5.75. The van der Waals surface area contributed by atoms with Crippen molar-refractivity contribution in [3.05, 3.63) is 62.8 Å². The highest BCUT2D eigenvalue weighted by Crippen LogP contribution is 2.23. The molecule has 1 saturated heterocycles. The quantitative estimate of drug-likeness (QED) is 0.711. The van der Waals surface area contributed by atoms with Gasteiger partial charge in [-0.25, -0.2) is 0 Å². The van der Waals surface area contributed by atoms with Crippen molar-refractivity contribution in [1.29, 1.82) is 0 Å². The molecule has 6 heteroatoms. The van der Waals surface area contributed by atoms with Crippen molar-refractivity contribution in [3.63, 3.8) is 0 Å². The topological polar surface area (TPSA) is 27.2 Å². The second kappa shape index (κ2) is 6.86. The van der Waals surface area contributed by atoms with Crippen molar-refractivity contribution in [2.45, 2.75) is 39.4 Å². The zero-order chi connectivity index (χ0) is 17.4. The molecule has 4 rings (SSSR count). The molecule has 3 heterocycles. The lowest BCUT2D eigenvalue weighted by atomic mass is 10.2. The first-order valence-corrected chi connectivity index (χ1v) is 10.0. The number of nitrogens with zero attached hydrogens (tertiary/aromatic N) is 3. The molecule has 0 aliphatic carbocycles. The third-order valence-electron chi connectivity index (χ3n) is 5.02. The first-order valence-electron chi connectivity index (χ1n) is 8.75. The summed E-state index contributed by atoms with van der Waals surface area (Å²) >= 11 is 7.62. The third kappa shape index (κ3) is 3.21. The molecule has 0 amide bonds. The first-order chi connectivity index (χ1) is 12.1. The summed E-state index contributed by atoms with van der Waals surface area (Å²) in [5.41, 5.74) is 2.34. The van der Waals surface area contributed by atoms with E-state index in [-0.39, 0.29) is 0 Å². The van der Waals surface area contributed by atoms with E-state index in [1.54, 1.807) is 4.90 Å². The Hall–Kier alpha value is -1.76. The molecular formula is C19H23N4S2+. The number of benzene rings is 1. The molecule has 1 aromatic carbocycles. The number of rotatable bonds is 4. The van der Waals surface area contributed by atoms with Crippen LogP contribution in [0.25, 0.3) is 5.69 Å². The number of aromatic nitrogens is 3. The summed E-state index contributed by atoms with van der Waals surface area (Å²) < 4.78 is 4.86. The minimum Gasteiger partial charge on any atom is -0.309 e. The van der Waals surface area contributed by atoms with Crippen molar-refractivity contribution in [3.8, 4) is 5.69 Å². The van der Waals surface area contributed by atoms with Gasteiger partial charge in [-0.1, -0.05) is 23.8 Å². The highest BCUT2D eigenvalue weighted by molar-refractivity contribution is 7.71. The van der Waals surface area contributed by atoms with Crippen LogP contribution in [-0.2, 0) is 6.67 Å². The van der Waals surface area contributed by atoms with Gasteiger partial charge in [0.1, 0.15) is 11.9 Å². The predicted molar refractivity (Wildman–Crippen MR) is 104 cm³/mol. The summed E-state index contributed by atoms with van der Waals surface area (Å²) in [4.78, 5) is 3.04. The lowest BCUT2D eigenvalue weighted by Gasteiger charge is -2.20. The SMILES string of the molecule is Cc1ccc(-n2c(C)nn(C[NH+]3CCC[C@@H]3c3cccs3)c2=S)cc1. The summed E-state index contributed by atoms with van der Waals surface area (Å²) in [6.07, 6.45) is 2.52. The van der Waals surface area contributed by atoms with E-state index >= 15 is 0 Å². The fourth-order valence-corrected chi connectivity index (χ4v) is 5.00. The summed E-state index contributed by atoms with van der Waals surface area (Å²) in [5, 5.41) is 6.92. The summed E-state index contributed by atoms with van der Waals surface area (Å²) in [6.45, 7) is 6.14. The minimum absolute atomic E-state index is 0.576. The van der Waals surface area contributed by atoms with Gasteiger partial charge < -0.3 is 4.90 Å². The Morgan fingerprint density at radius 2 is 2.04 bits per heavy atom. The summed E-state index contributed by atoms with van der Waals surface area (Å²) in [7, 11) is 0. The van der Waals surface area contributed by atoms with E-state index in [0.29, 0.717) is 6.04 Å². The van der Waals surface area contributed by atoms with Gasteiger partial charge in [0.15, 0.2) is 6.67 Å². The molecule has 4 nitrogen and oxygen atoms in total. The van der Waals surface area contributed by atoms with E-state index in [2.05, 4.69) is 53.3 Å². The Balaban J connectivity index is 1.62. The number of aryl methyl sites for hydroxylation is 2. The van der Waals surface area contributed by atoms with E-state index < -0.39 is 0 Å². The van der Waals surface area contributed by atoms with E-state index in [4.69, 9.17) is 17.3 Å². The third-order valence-corrected chi connectivity index (χ3v) is 6.40. The Morgan fingerprint density at radius 3 is 2.76 bits per heavy atom. The zero-order valence-electron chi connectivity index (χ0n) is 14.6. The van der Waals surface area contributed by atoms with Crippen LogP contribution in [0.5, 0.6) is 0 Å². The highest BCUT2D eigenvalue weighted by atomic mass is 32.1. The van der Waals surface area contributed by atoms with Gasteiger partial charge in [-0.3, -0.25) is 4.57 Å². The van der Waals surface area contributed by atoms with Gasteiger partial charge in [0.25, 0.3) is 0 Å². The molecule has 3 aromatic rings. The molecule has 0 spiro atoms. The molecule has 25 heavy (non-hydrogen) atoms. The molecule has 1 fully saturated rings. The van der Waals surface area contributed by atoms with Gasteiger partial charge in [-0.2, -0.15) is 9.78 Å². The fraction of sp³-hybridized carbons (Fsp3) is 0.368. The molecule has 0 bridgehead atoms. The minimum atomic E-state index is 0.576. The molecule has 1 N–H and O–H groups in total. The van der Waals surface area contributed by atoms with Gasteiger partial charge >= 0.3 is 0 Å². The van der Waals surface area contributed by atoms with E-state index in [1.165, 1.54) is 29.8 Å². The van der Waals surface area contributed by atoms with E-state index in [0.717, 1.165) is 23.0 Å². The molecule has 1 aliphatic heterocycles. The second-order valence-corrected chi connectivity index (χ2v) is 8.12. The van der Waals surface area contributed by atoms with Crippen LogP contribution in [-0.4, -0.2) is 20.9 Å². The highest BCUT2D eigenvalue weighted by Gasteiger charge is 2.31. The number of hydrogen-bond donors (Lipinski definition) is 1. The van der Waals surface area contributed by atoms with E-state index in [9.17, 15) is 0 Å². The van der Waals surface area contributed by atoms with Gasteiger partial charge in [-0.15, -0.1) is 11.3 Å². The van der Waals surface area contributed by atoms with Crippen LogP contribution in [0.1, 0.15) is 35.1 Å². The summed E-state index contributed by atoms with van der Waals surface area (Å²) in [5.74, 6) is 0.945. The number of hydrogen-bond acceptors (Lipinski definition) is 3.